The van der Waals surface area contributed by atoms with Gasteiger partial charge in [-0.05, 0) is 87.6 Å². The first kappa shape index (κ1) is 27.5. The smallest absolute Gasteiger partial charge is 0.137 e. The van der Waals surface area contributed by atoms with Crippen LogP contribution in [0.2, 0.25) is 0 Å². The van der Waals surface area contributed by atoms with Crippen molar-refractivity contribution in [3.8, 4) is 22.3 Å². The minimum Gasteiger partial charge on any atom is -0.456 e. The summed E-state index contributed by atoms with van der Waals surface area (Å²) in [6.07, 6.45) is 0. The number of nitrogens with zero attached hydrogens (tertiary/aromatic N) is 1. The van der Waals surface area contributed by atoms with Crippen LogP contribution < -0.4 is 4.90 Å². The molecule has 2 heterocycles. The van der Waals surface area contributed by atoms with E-state index in [9.17, 15) is 0 Å². The fourth-order valence-corrected chi connectivity index (χ4v) is 7.35. The lowest BCUT2D eigenvalue weighted by molar-refractivity contribution is 0.664. The van der Waals surface area contributed by atoms with E-state index >= 15 is 0 Å². The first-order chi connectivity index (χ1) is 24.3. The molecule has 0 atom stereocenters. The van der Waals surface area contributed by atoms with E-state index < -0.39 is 0 Å². The first-order valence-electron chi connectivity index (χ1n) is 16.6. The lowest BCUT2D eigenvalue weighted by Gasteiger charge is -2.27. The lowest BCUT2D eigenvalue weighted by Crippen LogP contribution is -2.10. The average Bonchev–Trinajstić information content (AvgIpc) is 3.72. The Kier molecular flexibility index (Phi) is 6.18. The molecule has 10 aromatic rings. The molecule has 0 spiro atoms. The Morgan fingerprint density at radius 2 is 0.918 bits per heavy atom. The molecule has 10 rings (SSSR count). The van der Waals surface area contributed by atoms with Gasteiger partial charge in [-0.3, -0.25) is 0 Å². The van der Waals surface area contributed by atoms with Crippen LogP contribution >= 0.6 is 0 Å². The molecule has 3 nitrogen and oxygen atoms in total. The van der Waals surface area contributed by atoms with Crippen molar-refractivity contribution in [3.05, 3.63) is 176 Å². The molecule has 3 heteroatoms. The van der Waals surface area contributed by atoms with Crippen molar-refractivity contribution in [3.63, 3.8) is 0 Å². The molecule has 2 aromatic heterocycles. The van der Waals surface area contributed by atoms with E-state index in [1.165, 1.54) is 21.9 Å². The first-order valence-corrected chi connectivity index (χ1v) is 16.6. The van der Waals surface area contributed by atoms with Gasteiger partial charge in [-0.15, -0.1) is 0 Å². The van der Waals surface area contributed by atoms with Crippen molar-refractivity contribution in [2.75, 3.05) is 4.90 Å². The van der Waals surface area contributed by atoms with Gasteiger partial charge in [0.25, 0.3) is 0 Å². The number of benzene rings is 8. The van der Waals surface area contributed by atoms with Crippen molar-refractivity contribution >= 4 is 71.7 Å². The molecule has 8 aromatic carbocycles. The van der Waals surface area contributed by atoms with Crippen molar-refractivity contribution in [2.24, 2.45) is 0 Å². The van der Waals surface area contributed by atoms with Gasteiger partial charge in [0.2, 0.25) is 0 Å². The summed E-state index contributed by atoms with van der Waals surface area (Å²) >= 11 is 0. The van der Waals surface area contributed by atoms with Gasteiger partial charge in [0.15, 0.2) is 0 Å². The van der Waals surface area contributed by atoms with Crippen LogP contribution in [0.25, 0.3) is 76.9 Å². The SMILES string of the molecule is c1ccc(-c2ccc(N(c3ccc4ccccc4c3)c3cccc4oc5cc6c(cc5c34)oc3cccc(-c4ccccc4)c36)cc2)cc1. The number of rotatable bonds is 5. The number of anilines is 3. The molecule has 49 heavy (non-hydrogen) atoms. The van der Waals surface area contributed by atoms with Crippen LogP contribution in [-0.4, -0.2) is 0 Å². The standard InChI is InChI=1S/C46H29NO2/c1-3-11-30(12-4-1)32-21-24-35(25-22-32)47(36-26-23-31-13-7-8-16-34(31)27-36)40-18-10-20-42-46(40)39-29-43-38(28-44(39)49-42)45-37(17-9-19-41(45)48-43)33-14-5-2-6-15-33/h1-29H. The fraction of sp³-hybridized carbons (Fsp3) is 0. The Labute approximate surface area is 282 Å². The predicted molar refractivity (Wildman–Crippen MR) is 204 cm³/mol. The van der Waals surface area contributed by atoms with Crippen molar-refractivity contribution in [1.82, 2.24) is 0 Å². The van der Waals surface area contributed by atoms with E-state index in [2.05, 4.69) is 169 Å². The highest BCUT2D eigenvalue weighted by molar-refractivity contribution is 6.20. The third-order valence-electron chi connectivity index (χ3n) is 9.64. The molecule has 0 aliphatic rings. The van der Waals surface area contributed by atoms with Crippen LogP contribution in [0, 0.1) is 0 Å². The highest BCUT2D eigenvalue weighted by atomic mass is 16.3. The van der Waals surface area contributed by atoms with Gasteiger partial charge in [0.05, 0.1) is 11.1 Å². The molecule has 0 radical (unpaired) electrons. The summed E-state index contributed by atoms with van der Waals surface area (Å²) in [5.41, 5.74) is 11.2. The highest BCUT2D eigenvalue weighted by Crippen LogP contribution is 2.46. The molecule has 0 aliphatic carbocycles. The maximum Gasteiger partial charge on any atom is 0.137 e. The van der Waals surface area contributed by atoms with Crippen LogP contribution in [0.15, 0.2) is 185 Å². The Hall–Kier alpha value is -6.58. The fourth-order valence-electron chi connectivity index (χ4n) is 7.35. The van der Waals surface area contributed by atoms with Crippen LogP contribution in [0.3, 0.4) is 0 Å². The van der Waals surface area contributed by atoms with Crippen molar-refractivity contribution in [1.29, 1.82) is 0 Å². The molecular weight excluding hydrogens is 599 g/mol. The third kappa shape index (κ3) is 4.51. The van der Waals surface area contributed by atoms with E-state index in [0.29, 0.717) is 0 Å². The molecule has 230 valence electrons. The monoisotopic (exact) mass is 627 g/mol. The van der Waals surface area contributed by atoms with Crippen molar-refractivity contribution in [2.45, 2.75) is 0 Å². The minimum atomic E-state index is 0.832. The average molecular weight is 628 g/mol. The van der Waals surface area contributed by atoms with Gasteiger partial charge in [-0.2, -0.15) is 0 Å². The summed E-state index contributed by atoms with van der Waals surface area (Å²) in [7, 11) is 0. The zero-order valence-electron chi connectivity index (χ0n) is 26.5. The van der Waals surface area contributed by atoms with Crippen molar-refractivity contribution < 1.29 is 8.83 Å². The maximum absolute atomic E-state index is 6.67. The summed E-state index contributed by atoms with van der Waals surface area (Å²) in [5.74, 6) is 0. The second-order valence-electron chi connectivity index (χ2n) is 12.5. The largest absolute Gasteiger partial charge is 0.456 e. The van der Waals surface area contributed by atoms with Crippen LogP contribution in [-0.2, 0) is 0 Å². The molecule has 0 saturated heterocycles. The zero-order valence-corrected chi connectivity index (χ0v) is 26.5. The molecule has 0 fully saturated rings. The second-order valence-corrected chi connectivity index (χ2v) is 12.5. The van der Waals surface area contributed by atoms with E-state index in [0.717, 1.165) is 72.1 Å². The Bertz CT molecular complexity index is 2810. The summed E-state index contributed by atoms with van der Waals surface area (Å²) in [6, 6.07) is 61.9. The normalized spacial score (nSPS) is 11.7. The van der Waals surface area contributed by atoms with Gasteiger partial charge >= 0.3 is 0 Å². The Morgan fingerprint density at radius 3 is 1.65 bits per heavy atom. The summed E-state index contributed by atoms with van der Waals surface area (Å²) < 4.78 is 13.2. The van der Waals surface area contributed by atoms with E-state index in [1.807, 2.05) is 12.1 Å². The molecule has 0 bridgehead atoms. The Morgan fingerprint density at radius 1 is 0.347 bits per heavy atom. The molecule has 0 aliphatic heterocycles. The van der Waals surface area contributed by atoms with E-state index in [-0.39, 0.29) is 0 Å². The molecule has 0 saturated carbocycles. The molecular formula is C46H29NO2. The van der Waals surface area contributed by atoms with Gasteiger partial charge < -0.3 is 13.7 Å². The Balaban J connectivity index is 1.20. The van der Waals surface area contributed by atoms with Gasteiger partial charge in [-0.25, -0.2) is 0 Å². The zero-order chi connectivity index (χ0) is 32.3. The number of hydrogen-bond acceptors (Lipinski definition) is 3. The highest BCUT2D eigenvalue weighted by Gasteiger charge is 2.22. The number of fused-ring (bicyclic) bond motifs is 7. The van der Waals surface area contributed by atoms with Gasteiger partial charge in [0.1, 0.15) is 22.3 Å². The number of hydrogen-bond donors (Lipinski definition) is 0. The van der Waals surface area contributed by atoms with Gasteiger partial charge in [-0.1, -0.05) is 121 Å². The van der Waals surface area contributed by atoms with E-state index in [4.69, 9.17) is 8.83 Å². The van der Waals surface area contributed by atoms with Gasteiger partial charge in [0, 0.05) is 27.5 Å². The summed E-state index contributed by atoms with van der Waals surface area (Å²) in [6.45, 7) is 0. The molecule has 0 N–H and O–H groups in total. The molecule has 0 amide bonds. The minimum absolute atomic E-state index is 0.832. The second kappa shape index (κ2) is 11.0. The lowest BCUT2D eigenvalue weighted by atomic mass is 9.99. The molecule has 0 unspecified atom stereocenters. The quantitative estimate of drug-likeness (QED) is 0.190. The maximum atomic E-state index is 6.67. The van der Waals surface area contributed by atoms with Crippen LogP contribution in [0.1, 0.15) is 0 Å². The van der Waals surface area contributed by atoms with Crippen LogP contribution in [0.4, 0.5) is 17.1 Å². The van der Waals surface area contributed by atoms with Crippen LogP contribution in [0.5, 0.6) is 0 Å². The predicted octanol–water partition coefficient (Wildman–Crippen LogP) is 13.4. The summed E-state index contributed by atoms with van der Waals surface area (Å²) in [5, 5.41) is 6.61. The number of furan rings is 2. The van der Waals surface area contributed by atoms with E-state index in [1.54, 1.807) is 0 Å². The summed E-state index contributed by atoms with van der Waals surface area (Å²) in [4.78, 5) is 2.34. The third-order valence-corrected chi connectivity index (χ3v) is 9.64. The topological polar surface area (TPSA) is 29.5 Å².